The molecule has 14 heteroatoms. The van der Waals surface area contributed by atoms with Crippen LogP contribution in [-0.2, 0) is 42.1 Å². The van der Waals surface area contributed by atoms with Crippen molar-refractivity contribution < 1.29 is 46.5 Å². The third-order valence-corrected chi connectivity index (χ3v) is 20.1. The van der Waals surface area contributed by atoms with Crippen molar-refractivity contribution in [3.8, 4) is 78.2 Å². The van der Waals surface area contributed by atoms with E-state index in [1.807, 2.05) is 151 Å². The average molecular weight is 1770 g/mol. The summed E-state index contributed by atoms with van der Waals surface area (Å²) < 4.78 is 11.4. The summed E-state index contributed by atoms with van der Waals surface area (Å²) in [4.78, 5) is 34.2. The molecule has 10 aromatic carbocycles. The third-order valence-electron chi connectivity index (χ3n) is 18.9. The fourth-order valence-corrected chi connectivity index (χ4v) is 15.1. The second-order valence-corrected chi connectivity index (χ2v) is 26.6. The number of anilines is 6. The minimum absolute atomic E-state index is 0. The Bertz CT molecular complexity index is 6050. The molecule has 0 saturated heterocycles. The molecule has 0 radical (unpaired) electrons. The maximum atomic E-state index is 6.78. The second kappa shape index (κ2) is 30.0. The molecule has 11 nitrogen and oxygen atoms in total. The number of hydrogen-bond acceptors (Lipinski definition) is 10. The van der Waals surface area contributed by atoms with Gasteiger partial charge in [0.1, 0.15) is 5.76 Å². The molecule has 20 aromatic rings. The van der Waals surface area contributed by atoms with Crippen LogP contribution >= 0.6 is 11.3 Å². The Morgan fingerprint density at radius 1 is 0.315 bits per heavy atom. The summed E-state index contributed by atoms with van der Waals surface area (Å²) in [6, 6.07) is 126. The molecule has 108 heavy (non-hydrogen) atoms. The fraction of sp³-hybridized carbons (Fsp3) is 0. The maximum Gasteiger partial charge on any atom is 2.00 e. The largest absolute Gasteiger partial charge is 2.00 e. The number of para-hydroxylation sites is 4. The van der Waals surface area contributed by atoms with E-state index >= 15 is 0 Å². The summed E-state index contributed by atoms with van der Waals surface area (Å²) >= 11 is 1.73. The van der Waals surface area contributed by atoms with Crippen LogP contribution < -0.4 is 9.80 Å². The predicted octanol–water partition coefficient (Wildman–Crippen LogP) is 24.0. The fourth-order valence-electron chi connectivity index (χ4n) is 14.0. The zero-order valence-corrected chi connectivity index (χ0v) is 62.8. The molecular formula is C94H58N10OPt2S. The average Bonchev–Trinajstić information content (AvgIpc) is 1.58. The van der Waals surface area contributed by atoms with E-state index in [2.05, 4.69) is 252 Å². The topological polar surface area (TPSA) is 107 Å². The van der Waals surface area contributed by atoms with Crippen molar-refractivity contribution in [3.05, 3.63) is 377 Å². The van der Waals surface area contributed by atoms with Crippen molar-refractivity contribution >= 4 is 111 Å². The van der Waals surface area contributed by atoms with Gasteiger partial charge in [0.05, 0.1) is 49.1 Å². The summed E-state index contributed by atoms with van der Waals surface area (Å²) in [5.74, 6) is 1.36. The summed E-state index contributed by atoms with van der Waals surface area (Å²) in [5, 5.41) is 5.43. The number of aromatic nitrogens is 8. The van der Waals surface area contributed by atoms with Crippen LogP contribution in [0.15, 0.2) is 357 Å². The molecule has 0 aliphatic rings. The summed E-state index contributed by atoms with van der Waals surface area (Å²) in [6.07, 6.45) is 7.22. The first-order valence-corrected chi connectivity index (χ1v) is 35.7. The van der Waals surface area contributed by atoms with Gasteiger partial charge in [-0.25, -0.2) is 9.97 Å². The van der Waals surface area contributed by atoms with Gasteiger partial charge >= 0.3 is 42.1 Å². The van der Waals surface area contributed by atoms with Crippen molar-refractivity contribution in [2.75, 3.05) is 9.80 Å². The molecule has 20 rings (SSSR count). The van der Waals surface area contributed by atoms with Crippen LogP contribution in [0, 0.1) is 24.3 Å². The van der Waals surface area contributed by atoms with E-state index in [1.165, 1.54) is 0 Å². The molecule has 0 N–H and O–H groups in total. The van der Waals surface area contributed by atoms with Crippen LogP contribution in [-0.4, -0.2) is 39.0 Å². The van der Waals surface area contributed by atoms with Crippen LogP contribution in [0.2, 0.25) is 0 Å². The summed E-state index contributed by atoms with van der Waals surface area (Å²) in [7, 11) is 0. The Labute approximate surface area is 655 Å². The first kappa shape index (κ1) is 68.3. The number of pyridine rings is 6. The Morgan fingerprint density at radius 3 is 1.15 bits per heavy atom. The quantitative estimate of drug-likeness (QED) is 0.0984. The van der Waals surface area contributed by atoms with Gasteiger partial charge in [0.25, 0.3) is 0 Å². The Balaban J connectivity index is 0.000000155. The van der Waals surface area contributed by atoms with Crippen LogP contribution in [0.25, 0.3) is 144 Å². The molecule has 0 aliphatic heterocycles. The first-order chi connectivity index (χ1) is 52.5. The number of furan rings is 1. The molecule has 10 heterocycles. The van der Waals surface area contributed by atoms with E-state index in [-0.39, 0.29) is 42.1 Å². The van der Waals surface area contributed by atoms with E-state index in [4.69, 9.17) is 14.4 Å². The van der Waals surface area contributed by atoms with E-state index in [1.54, 1.807) is 23.7 Å². The Hall–Kier alpha value is -12.8. The van der Waals surface area contributed by atoms with E-state index in [9.17, 15) is 0 Å². The van der Waals surface area contributed by atoms with E-state index in [0.717, 1.165) is 172 Å². The molecule has 0 aliphatic carbocycles. The first-order valence-electron chi connectivity index (χ1n) is 34.9. The number of benzene rings is 10. The normalized spacial score (nSPS) is 11.2. The number of rotatable bonds is 14. The van der Waals surface area contributed by atoms with E-state index < -0.39 is 0 Å². The van der Waals surface area contributed by atoms with Crippen LogP contribution in [0.3, 0.4) is 0 Å². The minimum Gasteiger partial charge on any atom is -0.440 e. The SMILES string of the molecule is [Pt+2].[Pt+2].[c-]1c(-c2ccccn2)cccc1N(c1[c-]c(-c2ccccn2)ccc1)c1ccc(-c2ccc3c(c2)c2nc4ccccc4cc2n3-c2ccccc2)o1.[c-]1c(-c2ccccn2)cccc1N(c1[c-]c(-c2ccccn2)ccc1)c1ccc(-c2ccc3c(c2)c2nc4ccccc4cc2n3-c2ccccc2)s1. The molecule has 0 atom stereocenters. The third kappa shape index (κ3) is 13.2. The number of thiophene rings is 1. The van der Waals surface area contributed by atoms with Gasteiger partial charge < -0.3 is 43.3 Å². The predicted molar refractivity (Wildman–Crippen MR) is 431 cm³/mol. The molecule has 516 valence electrons. The van der Waals surface area contributed by atoms with Gasteiger partial charge in [-0.15, -0.1) is 131 Å². The maximum absolute atomic E-state index is 6.78. The zero-order valence-electron chi connectivity index (χ0n) is 57.4. The summed E-state index contributed by atoms with van der Waals surface area (Å²) in [6.45, 7) is 0. The van der Waals surface area contributed by atoms with Gasteiger partial charge in [-0.2, -0.15) is 0 Å². The minimum atomic E-state index is 0. The standard InChI is InChI=1S/C47H29N5O.C47H29N5S.2Pt/c2*1-2-15-36(16-3-1)52-43-23-22-35(30-39(43)47-44(52)31-34-12-4-5-21-42(34)50-47)45-24-25-46(53-45)51(37-17-10-13-32(28-37)40-19-6-8-26-48-40)38-18-11-14-33(29-38)41-20-7-9-27-49-41;;/h2*1-27,30-31H;;/q2*-2;2*+2. The monoisotopic (exact) mass is 1760 g/mol. The van der Waals surface area contributed by atoms with Gasteiger partial charge in [-0.3, -0.25) is 0 Å². The zero-order chi connectivity index (χ0) is 70.3. The van der Waals surface area contributed by atoms with Gasteiger partial charge in [-0.05, 0) is 172 Å². The number of fused-ring (bicyclic) bond motifs is 8. The van der Waals surface area contributed by atoms with Gasteiger partial charge in [0.2, 0.25) is 5.88 Å². The smallest absolute Gasteiger partial charge is 0.440 e. The van der Waals surface area contributed by atoms with Crippen molar-refractivity contribution in [2.24, 2.45) is 0 Å². The molecule has 0 unspecified atom stereocenters. The summed E-state index contributed by atoms with van der Waals surface area (Å²) in [5.41, 5.74) is 22.9. The van der Waals surface area contributed by atoms with E-state index in [0.29, 0.717) is 5.88 Å². The molecule has 0 amide bonds. The van der Waals surface area contributed by atoms with Gasteiger partial charge in [0, 0.05) is 74.2 Å². The van der Waals surface area contributed by atoms with Crippen LogP contribution in [0.5, 0.6) is 0 Å². The van der Waals surface area contributed by atoms with Crippen LogP contribution in [0.4, 0.5) is 33.6 Å². The van der Waals surface area contributed by atoms with Gasteiger partial charge in [-0.1, -0.05) is 127 Å². The molecule has 0 saturated carbocycles. The molecule has 0 spiro atoms. The van der Waals surface area contributed by atoms with Crippen molar-refractivity contribution in [1.82, 2.24) is 39.0 Å². The van der Waals surface area contributed by atoms with Crippen molar-refractivity contribution in [1.29, 1.82) is 0 Å². The second-order valence-electron chi connectivity index (χ2n) is 25.5. The number of hydrogen-bond donors (Lipinski definition) is 0. The van der Waals surface area contributed by atoms with Crippen molar-refractivity contribution in [2.45, 2.75) is 0 Å². The Kier molecular flexibility index (Phi) is 19.0. The molecule has 10 aromatic heterocycles. The Morgan fingerprint density at radius 2 is 0.713 bits per heavy atom. The van der Waals surface area contributed by atoms with Crippen molar-refractivity contribution in [3.63, 3.8) is 0 Å². The molecule has 0 fully saturated rings. The van der Waals surface area contributed by atoms with Crippen LogP contribution in [0.1, 0.15) is 0 Å². The molecular weight excluding hydrogens is 1710 g/mol. The molecule has 0 bridgehead atoms. The number of nitrogens with zero attached hydrogens (tertiary/aromatic N) is 10. The van der Waals surface area contributed by atoms with Gasteiger partial charge in [0.15, 0.2) is 0 Å².